The SMILES string of the molecule is C(=NNc1nn[nH]n1)c1c2ccccc2cc2ccccc12. The summed E-state index contributed by atoms with van der Waals surface area (Å²) in [6.07, 6.45) is 1.79. The lowest BCUT2D eigenvalue weighted by Gasteiger charge is -2.07. The molecule has 0 fully saturated rings. The number of nitrogens with one attached hydrogen (secondary N) is 2. The summed E-state index contributed by atoms with van der Waals surface area (Å²) in [7, 11) is 0. The first-order valence-electron chi connectivity index (χ1n) is 6.85. The Hall–Kier alpha value is -3.28. The van der Waals surface area contributed by atoms with E-state index in [1.807, 2.05) is 24.3 Å². The maximum Gasteiger partial charge on any atom is 0.283 e. The Balaban J connectivity index is 1.87. The van der Waals surface area contributed by atoms with Crippen LogP contribution in [0.25, 0.3) is 21.5 Å². The van der Waals surface area contributed by atoms with E-state index in [1.165, 1.54) is 10.8 Å². The van der Waals surface area contributed by atoms with Crippen molar-refractivity contribution >= 4 is 33.7 Å². The smallest absolute Gasteiger partial charge is 0.243 e. The Kier molecular flexibility index (Phi) is 2.97. The molecule has 22 heavy (non-hydrogen) atoms. The number of hydrogen-bond acceptors (Lipinski definition) is 5. The predicted molar refractivity (Wildman–Crippen MR) is 86.8 cm³/mol. The summed E-state index contributed by atoms with van der Waals surface area (Å²) in [4.78, 5) is 0. The van der Waals surface area contributed by atoms with Crippen LogP contribution >= 0.6 is 0 Å². The zero-order valence-corrected chi connectivity index (χ0v) is 11.6. The Morgan fingerprint density at radius 3 is 2.27 bits per heavy atom. The minimum atomic E-state index is 0.334. The molecular formula is C16H12N6. The highest BCUT2D eigenvalue weighted by molar-refractivity contribution is 6.13. The number of aromatic amines is 1. The van der Waals surface area contributed by atoms with E-state index in [1.54, 1.807) is 6.21 Å². The highest BCUT2D eigenvalue weighted by Gasteiger charge is 2.05. The standard InChI is InChI=1S/C16H12N6/c1-3-7-13-11(5-1)9-12-6-2-4-8-14(12)15(13)10-17-18-16-19-21-22-20-16/h1-10H,(H2,18,19,20,21,22). The van der Waals surface area contributed by atoms with E-state index in [0.29, 0.717) is 5.95 Å². The molecule has 0 spiro atoms. The van der Waals surface area contributed by atoms with E-state index in [4.69, 9.17) is 0 Å². The quantitative estimate of drug-likeness (QED) is 0.345. The largest absolute Gasteiger partial charge is 0.283 e. The molecule has 0 atom stereocenters. The predicted octanol–water partition coefficient (Wildman–Crippen LogP) is 2.95. The molecule has 4 aromatic rings. The number of benzene rings is 3. The molecule has 0 radical (unpaired) electrons. The summed E-state index contributed by atoms with van der Waals surface area (Å²) in [5, 5.41) is 22.3. The van der Waals surface area contributed by atoms with E-state index in [-0.39, 0.29) is 0 Å². The fraction of sp³-hybridized carbons (Fsp3) is 0. The van der Waals surface area contributed by atoms with Gasteiger partial charge in [-0.15, -0.1) is 5.10 Å². The average molecular weight is 288 g/mol. The first kappa shape index (κ1) is 12.5. The third-order valence-electron chi connectivity index (χ3n) is 3.52. The van der Waals surface area contributed by atoms with Crippen LogP contribution in [0.2, 0.25) is 0 Å². The monoisotopic (exact) mass is 288 g/mol. The van der Waals surface area contributed by atoms with Crippen molar-refractivity contribution in [3.8, 4) is 0 Å². The van der Waals surface area contributed by atoms with Gasteiger partial charge in [-0.25, -0.2) is 5.43 Å². The second kappa shape index (κ2) is 5.25. The molecule has 2 N–H and O–H groups in total. The van der Waals surface area contributed by atoms with Gasteiger partial charge in [-0.2, -0.15) is 10.3 Å². The number of hydrogen-bond donors (Lipinski definition) is 2. The van der Waals surface area contributed by atoms with Crippen LogP contribution < -0.4 is 5.43 Å². The normalized spacial score (nSPS) is 11.5. The van der Waals surface area contributed by atoms with Crippen LogP contribution in [0.1, 0.15) is 5.56 Å². The van der Waals surface area contributed by atoms with Gasteiger partial charge in [-0.05, 0) is 32.8 Å². The Morgan fingerprint density at radius 1 is 0.955 bits per heavy atom. The van der Waals surface area contributed by atoms with Crippen molar-refractivity contribution in [3.05, 3.63) is 60.2 Å². The van der Waals surface area contributed by atoms with Crippen LogP contribution in [0.3, 0.4) is 0 Å². The summed E-state index contributed by atoms with van der Waals surface area (Å²) in [5.74, 6) is 0.334. The van der Waals surface area contributed by atoms with Gasteiger partial charge in [0, 0.05) is 5.56 Å². The fourth-order valence-electron chi connectivity index (χ4n) is 2.55. The number of tetrazole rings is 1. The van der Waals surface area contributed by atoms with Gasteiger partial charge in [0.05, 0.1) is 6.21 Å². The minimum absolute atomic E-state index is 0.334. The molecule has 0 amide bonds. The number of fused-ring (bicyclic) bond motifs is 2. The van der Waals surface area contributed by atoms with Crippen LogP contribution in [-0.4, -0.2) is 26.8 Å². The molecule has 0 bridgehead atoms. The molecule has 4 rings (SSSR count). The van der Waals surface area contributed by atoms with Gasteiger partial charge in [-0.3, -0.25) is 0 Å². The summed E-state index contributed by atoms with van der Waals surface area (Å²) in [6, 6.07) is 18.7. The molecule has 0 saturated carbocycles. The molecule has 1 heterocycles. The Labute approximate surface area is 125 Å². The molecular weight excluding hydrogens is 276 g/mol. The highest BCUT2D eigenvalue weighted by atomic mass is 15.5. The minimum Gasteiger partial charge on any atom is -0.243 e. The van der Waals surface area contributed by atoms with Crippen molar-refractivity contribution in [2.45, 2.75) is 0 Å². The lowest BCUT2D eigenvalue weighted by atomic mass is 9.97. The number of anilines is 1. The number of nitrogens with zero attached hydrogens (tertiary/aromatic N) is 4. The van der Waals surface area contributed by atoms with E-state index in [0.717, 1.165) is 16.3 Å². The average Bonchev–Trinajstić information content (AvgIpc) is 3.07. The third-order valence-corrected chi connectivity index (χ3v) is 3.52. The van der Waals surface area contributed by atoms with Crippen LogP contribution in [-0.2, 0) is 0 Å². The topological polar surface area (TPSA) is 78.9 Å². The number of rotatable bonds is 3. The Morgan fingerprint density at radius 2 is 1.64 bits per heavy atom. The second-order valence-electron chi connectivity index (χ2n) is 4.84. The highest BCUT2D eigenvalue weighted by Crippen LogP contribution is 2.27. The van der Waals surface area contributed by atoms with Crippen molar-refractivity contribution in [2.75, 3.05) is 5.43 Å². The zero-order valence-electron chi connectivity index (χ0n) is 11.6. The zero-order chi connectivity index (χ0) is 14.8. The second-order valence-corrected chi connectivity index (χ2v) is 4.84. The third kappa shape index (κ3) is 2.16. The van der Waals surface area contributed by atoms with Gasteiger partial charge in [0.2, 0.25) is 0 Å². The first-order valence-corrected chi connectivity index (χ1v) is 6.85. The van der Waals surface area contributed by atoms with Gasteiger partial charge < -0.3 is 0 Å². The van der Waals surface area contributed by atoms with Gasteiger partial charge in [0.15, 0.2) is 0 Å². The molecule has 106 valence electrons. The molecule has 6 nitrogen and oxygen atoms in total. The van der Waals surface area contributed by atoms with Crippen molar-refractivity contribution in [1.82, 2.24) is 20.6 Å². The number of aromatic nitrogens is 4. The number of hydrazone groups is 1. The maximum atomic E-state index is 4.22. The van der Waals surface area contributed by atoms with Crippen molar-refractivity contribution in [1.29, 1.82) is 0 Å². The fourth-order valence-corrected chi connectivity index (χ4v) is 2.55. The molecule has 0 aliphatic rings. The van der Waals surface area contributed by atoms with Crippen LogP contribution in [0.5, 0.6) is 0 Å². The van der Waals surface area contributed by atoms with E-state index in [9.17, 15) is 0 Å². The first-order chi connectivity index (χ1) is 10.9. The Bertz CT molecular complexity index is 905. The van der Waals surface area contributed by atoms with E-state index in [2.05, 4.69) is 61.5 Å². The van der Waals surface area contributed by atoms with Gasteiger partial charge in [-0.1, -0.05) is 53.6 Å². The van der Waals surface area contributed by atoms with Crippen LogP contribution in [0, 0.1) is 0 Å². The van der Waals surface area contributed by atoms with E-state index < -0.39 is 0 Å². The lowest BCUT2D eigenvalue weighted by molar-refractivity contribution is 0.881. The summed E-state index contributed by atoms with van der Waals surface area (Å²) >= 11 is 0. The molecule has 0 aliphatic heterocycles. The number of H-pyrrole nitrogens is 1. The summed E-state index contributed by atoms with van der Waals surface area (Å²) in [6.45, 7) is 0. The van der Waals surface area contributed by atoms with E-state index >= 15 is 0 Å². The van der Waals surface area contributed by atoms with Crippen molar-refractivity contribution in [2.24, 2.45) is 5.10 Å². The van der Waals surface area contributed by atoms with Crippen LogP contribution in [0.15, 0.2) is 59.7 Å². The molecule has 0 aliphatic carbocycles. The summed E-state index contributed by atoms with van der Waals surface area (Å²) in [5.41, 5.74) is 3.82. The summed E-state index contributed by atoms with van der Waals surface area (Å²) < 4.78 is 0. The maximum absolute atomic E-state index is 4.22. The lowest BCUT2D eigenvalue weighted by Crippen LogP contribution is -1.94. The van der Waals surface area contributed by atoms with Crippen LogP contribution in [0.4, 0.5) is 5.95 Å². The molecule has 0 saturated heterocycles. The van der Waals surface area contributed by atoms with Gasteiger partial charge in [0.1, 0.15) is 0 Å². The molecule has 3 aromatic carbocycles. The van der Waals surface area contributed by atoms with Gasteiger partial charge >= 0.3 is 0 Å². The molecule has 0 unspecified atom stereocenters. The van der Waals surface area contributed by atoms with Crippen molar-refractivity contribution < 1.29 is 0 Å². The molecule has 6 heteroatoms. The molecule has 1 aromatic heterocycles. The van der Waals surface area contributed by atoms with Gasteiger partial charge in [0.25, 0.3) is 5.95 Å². The van der Waals surface area contributed by atoms with Crippen molar-refractivity contribution in [3.63, 3.8) is 0 Å².